The Bertz CT molecular complexity index is 808. The van der Waals surface area contributed by atoms with Crippen LogP contribution in [-0.4, -0.2) is 34.6 Å². The number of halogens is 1. The molecule has 0 heterocycles. The van der Waals surface area contributed by atoms with Gasteiger partial charge in [0.25, 0.3) is 0 Å². The van der Waals surface area contributed by atoms with Crippen LogP contribution < -0.4 is 5.32 Å². The van der Waals surface area contributed by atoms with Crippen LogP contribution in [-0.2, 0) is 16.1 Å². The predicted octanol–water partition coefficient (Wildman–Crippen LogP) is 4.17. The number of aryl methyl sites for hydroxylation is 1. The molecule has 0 bridgehead atoms. The van der Waals surface area contributed by atoms with Gasteiger partial charge in [-0.2, -0.15) is 0 Å². The molecule has 0 spiro atoms. The van der Waals surface area contributed by atoms with Crippen LogP contribution in [0, 0.1) is 12.7 Å². The summed E-state index contributed by atoms with van der Waals surface area (Å²) in [5.74, 6) is -0.667. The zero-order valence-electron chi connectivity index (χ0n) is 16.7. The van der Waals surface area contributed by atoms with Gasteiger partial charge in [-0.1, -0.05) is 35.9 Å². The molecule has 0 fully saturated rings. The van der Waals surface area contributed by atoms with Crippen molar-refractivity contribution in [3.63, 3.8) is 0 Å². The Balaban J connectivity index is 2.15. The Morgan fingerprint density at radius 2 is 1.71 bits per heavy atom. The van der Waals surface area contributed by atoms with Gasteiger partial charge in [-0.05, 0) is 45.9 Å². The zero-order valence-corrected chi connectivity index (χ0v) is 17.6. The number of nitrogens with one attached hydrogen (secondary N) is 1. The van der Waals surface area contributed by atoms with E-state index in [2.05, 4.69) is 5.32 Å². The average Bonchev–Trinajstić information content (AvgIpc) is 2.65. The van der Waals surface area contributed by atoms with Crippen LogP contribution in [0.3, 0.4) is 0 Å². The highest BCUT2D eigenvalue weighted by atomic mass is 32.2. The van der Waals surface area contributed by atoms with E-state index >= 15 is 0 Å². The molecule has 0 saturated carbocycles. The van der Waals surface area contributed by atoms with E-state index in [1.807, 2.05) is 45.0 Å². The summed E-state index contributed by atoms with van der Waals surface area (Å²) >= 11 is 1.41. The monoisotopic (exact) mass is 402 g/mol. The van der Waals surface area contributed by atoms with Gasteiger partial charge in [0, 0.05) is 23.0 Å². The number of hydrogen-bond donors (Lipinski definition) is 1. The molecule has 0 aliphatic carbocycles. The van der Waals surface area contributed by atoms with Crippen LogP contribution in [0.4, 0.5) is 4.39 Å². The zero-order chi connectivity index (χ0) is 20.7. The number of thioether (sulfide) groups is 1. The van der Waals surface area contributed by atoms with Gasteiger partial charge in [0.2, 0.25) is 11.8 Å². The fraction of sp³-hybridized carbons (Fsp3) is 0.364. The fourth-order valence-electron chi connectivity index (χ4n) is 2.66. The molecule has 0 unspecified atom stereocenters. The summed E-state index contributed by atoms with van der Waals surface area (Å²) in [6, 6.07) is 13.5. The minimum Gasteiger partial charge on any atom is -0.352 e. The maximum Gasteiger partial charge on any atom is 0.242 e. The van der Waals surface area contributed by atoms with Gasteiger partial charge in [-0.25, -0.2) is 4.39 Å². The number of carbonyl (C=O) groups excluding carboxylic acids is 2. The molecular weight excluding hydrogens is 375 g/mol. The molecule has 28 heavy (non-hydrogen) atoms. The largest absolute Gasteiger partial charge is 0.352 e. The summed E-state index contributed by atoms with van der Waals surface area (Å²) in [4.78, 5) is 27.8. The topological polar surface area (TPSA) is 49.4 Å². The Morgan fingerprint density at radius 3 is 2.32 bits per heavy atom. The predicted molar refractivity (Wildman–Crippen MR) is 112 cm³/mol. The van der Waals surface area contributed by atoms with Gasteiger partial charge in [0.1, 0.15) is 11.9 Å². The number of hydrogen-bond acceptors (Lipinski definition) is 3. The van der Waals surface area contributed by atoms with Crippen LogP contribution in [0.1, 0.15) is 31.9 Å². The third-order valence-electron chi connectivity index (χ3n) is 4.28. The SMILES string of the molecule is Cc1ccc(SCC(=O)N(Cc2ccccc2F)[C@@H](C)C(=O)NC(C)C)cc1. The highest BCUT2D eigenvalue weighted by molar-refractivity contribution is 8.00. The Kier molecular flexibility index (Phi) is 8.05. The van der Waals surface area contributed by atoms with Gasteiger partial charge in [-0.15, -0.1) is 11.8 Å². The highest BCUT2D eigenvalue weighted by Gasteiger charge is 2.27. The van der Waals surface area contributed by atoms with Gasteiger partial charge in [-0.3, -0.25) is 9.59 Å². The smallest absolute Gasteiger partial charge is 0.242 e. The van der Waals surface area contributed by atoms with E-state index in [1.54, 1.807) is 25.1 Å². The first kappa shape index (κ1) is 22.0. The van der Waals surface area contributed by atoms with E-state index in [0.717, 1.165) is 10.5 Å². The second-order valence-corrected chi connectivity index (χ2v) is 8.10. The molecule has 6 heteroatoms. The quantitative estimate of drug-likeness (QED) is 0.675. The molecule has 2 rings (SSSR count). The lowest BCUT2D eigenvalue weighted by Crippen LogP contribution is -2.49. The molecule has 2 aromatic carbocycles. The van der Waals surface area contributed by atoms with Crippen LogP contribution >= 0.6 is 11.8 Å². The normalized spacial score (nSPS) is 11.9. The van der Waals surface area contributed by atoms with E-state index in [1.165, 1.54) is 22.7 Å². The minimum absolute atomic E-state index is 0.0395. The number of benzene rings is 2. The van der Waals surface area contributed by atoms with Crippen molar-refractivity contribution in [3.05, 3.63) is 65.5 Å². The molecule has 2 amide bonds. The molecule has 0 radical (unpaired) electrons. The number of carbonyl (C=O) groups is 2. The van der Waals surface area contributed by atoms with E-state index < -0.39 is 6.04 Å². The lowest BCUT2D eigenvalue weighted by molar-refractivity contribution is -0.138. The van der Waals surface area contributed by atoms with Crippen molar-refractivity contribution >= 4 is 23.6 Å². The lowest BCUT2D eigenvalue weighted by Gasteiger charge is -2.29. The van der Waals surface area contributed by atoms with Crippen molar-refractivity contribution in [2.75, 3.05) is 5.75 Å². The summed E-state index contributed by atoms with van der Waals surface area (Å²) in [5, 5.41) is 2.82. The van der Waals surface area contributed by atoms with Crippen molar-refractivity contribution in [2.45, 2.75) is 51.2 Å². The van der Waals surface area contributed by atoms with Crippen LogP contribution in [0.5, 0.6) is 0 Å². The number of amides is 2. The van der Waals surface area contributed by atoms with Crippen molar-refractivity contribution < 1.29 is 14.0 Å². The lowest BCUT2D eigenvalue weighted by atomic mass is 10.1. The summed E-state index contributed by atoms with van der Waals surface area (Å²) < 4.78 is 14.1. The third kappa shape index (κ3) is 6.37. The van der Waals surface area contributed by atoms with E-state index in [4.69, 9.17) is 0 Å². The van der Waals surface area contributed by atoms with E-state index in [-0.39, 0.29) is 36.0 Å². The molecule has 0 aromatic heterocycles. The van der Waals surface area contributed by atoms with Gasteiger partial charge in [0.05, 0.1) is 5.75 Å². The van der Waals surface area contributed by atoms with Crippen molar-refractivity contribution in [3.8, 4) is 0 Å². The fourth-order valence-corrected chi connectivity index (χ4v) is 3.44. The maximum absolute atomic E-state index is 14.1. The van der Waals surface area contributed by atoms with Crippen LogP contribution in [0.25, 0.3) is 0 Å². The van der Waals surface area contributed by atoms with E-state index in [0.29, 0.717) is 5.56 Å². The third-order valence-corrected chi connectivity index (χ3v) is 5.28. The number of nitrogens with zero attached hydrogens (tertiary/aromatic N) is 1. The van der Waals surface area contributed by atoms with Gasteiger partial charge >= 0.3 is 0 Å². The Labute approximate surface area is 170 Å². The molecule has 1 atom stereocenters. The van der Waals surface area contributed by atoms with Crippen LogP contribution in [0.15, 0.2) is 53.4 Å². The van der Waals surface area contributed by atoms with Crippen LogP contribution in [0.2, 0.25) is 0 Å². The first-order valence-electron chi connectivity index (χ1n) is 9.30. The molecule has 1 N–H and O–H groups in total. The maximum atomic E-state index is 14.1. The molecule has 0 saturated heterocycles. The van der Waals surface area contributed by atoms with Crippen molar-refractivity contribution in [2.24, 2.45) is 0 Å². The summed E-state index contributed by atoms with van der Waals surface area (Å²) in [7, 11) is 0. The van der Waals surface area contributed by atoms with Gasteiger partial charge in [0.15, 0.2) is 0 Å². The van der Waals surface area contributed by atoms with Crippen molar-refractivity contribution in [1.82, 2.24) is 10.2 Å². The van der Waals surface area contributed by atoms with Crippen molar-refractivity contribution in [1.29, 1.82) is 0 Å². The molecule has 4 nitrogen and oxygen atoms in total. The van der Waals surface area contributed by atoms with E-state index in [9.17, 15) is 14.0 Å². The van der Waals surface area contributed by atoms with Gasteiger partial charge < -0.3 is 10.2 Å². The second-order valence-electron chi connectivity index (χ2n) is 7.05. The molecule has 0 aliphatic rings. The Hall–Kier alpha value is -2.34. The minimum atomic E-state index is -0.701. The molecule has 150 valence electrons. The highest BCUT2D eigenvalue weighted by Crippen LogP contribution is 2.21. The first-order chi connectivity index (χ1) is 13.3. The summed E-state index contributed by atoms with van der Waals surface area (Å²) in [6.45, 7) is 7.45. The first-order valence-corrected chi connectivity index (χ1v) is 10.3. The number of rotatable bonds is 8. The standard InChI is InChI=1S/C22H27FN2O2S/c1-15(2)24-22(27)17(4)25(13-18-7-5-6-8-20(18)23)21(26)14-28-19-11-9-16(3)10-12-19/h5-12,15,17H,13-14H2,1-4H3,(H,24,27)/t17-/m0/s1. The molecule has 0 aliphatic heterocycles. The molecule has 2 aromatic rings. The second kappa shape index (κ2) is 10.3. The summed E-state index contributed by atoms with van der Waals surface area (Å²) in [6.07, 6.45) is 0. The Morgan fingerprint density at radius 1 is 1.07 bits per heavy atom. The summed E-state index contributed by atoms with van der Waals surface area (Å²) in [5.41, 5.74) is 1.54. The molecular formula is C22H27FN2O2S. The average molecular weight is 403 g/mol.